The summed E-state index contributed by atoms with van der Waals surface area (Å²) in [7, 11) is 0. The van der Waals surface area contributed by atoms with Gasteiger partial charge in [-0.3, -0.25) is 0 Å². The zero-order valence-electron chi connectivity index (χ0n) is 12.2. The summed E-state index contributed by atoms with van der Waals surface area (Å²) in [6.45, 7) is 6.17. The SMILES string of the molecule is CC(C)(C)OC(=O)N1CCC(O)(c2cccc(N)c2)C1. The van der Waals surface area contributed by atoms with Gasteiger partial charge in [0.05, 0.1) is 6.54 Å². The highest BCUT2D eigenvalue weighted by Gasteiger charge is 2.41. The highest BCUT2D eigenvalue weighted by atomic mass is 16.6. The lowest BCUT2D eigenvalue weighted by Crippen LogP contribution is -2.38. The van der Waals surface area contributed by atoms with Crippen molar-refractivity contribution in [2.24, 2.45) is 0 Å². The van der Waals surface area contributed by atoms with Crippen molar-refractivity contribution in [3.8, 4) is 0 Å². The van der Waals surface area contributed by atoms with E-state index in [9.17, 15) is 9.90 Å². The number of nitrogens with two attached hydrogens (primary N) is 1. The molecule has 5 heteroatoms. The third-order valence-electron chi connectivity index (χ3n) is 3.32. The molecular weight excluding hydrogens is 256 g/mol. The summed E-state index contributed by atoms with van der Waals surface area (Å²) in [5, 5.41) is 10.7. The van der Waals surface area contributed by atoms with Gasteiger partial charge in [-0.1, -0.05) is 12.1 Å². The second-order valence-electron chi connectivity index (χ2n) is 6.31. The number of hydrogen-bond donors (Lipinski definition) is 2. The smallest absolute Gasteiger partial charge is 0.410 e. The van der Waals surface area contributed by atoms with E-state index < -0.39 is 17.3 Å². The summed E-state index contributed by atoms with van der Waals surface area (Å²) in [5.74, 6) is 0. The topological polar surface area (TPSA) is 75.8 Å². The lowest BCUT2D eigenvalue weighted by atomic mass is 9.93. The average Bonchev–Trinajstić information content (AvgIpc) is 2.71. The Labute approximate surface area is 119 Å². The van der Waals surface area contributed by atoms with Crippen molar-refractivity contribution < 1.29 is 14.6 Å². The van der Waals surface area contributed by atoms with E-state index in [1.807, 2.05) is 26.8 Å². The molecule has 1 unspecified atom stereocenters. The number of β-amino-alcohol motifs (C(OH)–C–C–N with tert-alkyl or cyclic N) is 1. The zero-order chi connectivity index (χ0) is 15.0. The molecule has 0 spiro atoms. The third kappa shape index (κ3) is 3.22. The maximum Gasteiger partial charge on any atom is 0.410 e. The Bertz CT molecular complexity index is 510. The van der Waals surface area contributed by atoms with E-state index in [4.69, 9.17) is 10.5 Å². The summed E-state index contributed by atoms with van der Waals surface area (Å²) in [6.07, 6.45) is 0.0905. The Morgan fingerprint density at radius 1 is 1.45 bits per heavy atom. The maximum atomic E-state index is 12.0. The van der Waals surface area contributed by atoms with E-state index in [0.29, 0.717) is 18.7 Å². The second-order valence-corrected chi connectivity index (χ2v) is 6.31. The predicted octanol–water partition coefficient (Wildman–Crippen LogP) is 2.10. The first-order valence-electron chi connectivity index (χ1n) is 6.76. The molecule has 2 rings (SSSR count). The molecule has 1 fully saturated rings. The number of hydrogen-bond acceptors (Lipinski definition) is 4. The van der Waals surface area contributed by atoms with Crippen LogP contribution >= 0.6 is 0 Å². The van der Waals surface area contributed by atoms with E-state index in [0.717, 1.165) is 5.56 Å². The number of carbonyl (C=O) groups is 1. The van der Waals surface area contributed by atoms with Crippen LogP contribution in [0.4, 0.5) is 10.5 Å². The Morgan fingerprint density at radius 3 is 2.75 bits per heavy atom. The first kappa shape index (κ1) is 14.7. The molecule has 1 amide bonds. The molecule has 1 aromatic carbocycles. The zero-order valence-corrected chi connectivity index (χ0v) is 12.2. The fourth-order valence-electron chi connectivity index (χ4n) is 2.34. The van der Waals surface area contributed by atoms with Gasteiger partial charge in [0.1, 0.15) is 11.2 Å². The van der Waals surface area contributed by atoms with E-state index in [-0.39, 0.29) is 6.54 Å². The molecule has 110 valence electrons. The van der Waals surface area contributed by atoms with Crippen LogP contribution in [0.5, 0.6) is 0 Å². The van der Waals surface area contributed by atoms with Crippen LogP contribution in [0.2, 0.25) is 0 Å². The average molecular weight is 278 g/mol. The van der Waals surface area contributed by atoms with Crippen LogP contribution in [-0.2, 0) is 10.3 Å². The van der Waals surface area contributed by atoms with Gasteiger partial charge in [0, 0.05) is 12.2 Å². The van der Waals surface area contributed by atoms with E-state index in [2.05, 4.69) is 0 Å². The van der Waals surface area contributed by atoms with Gasteiger partial charge in [0.15, 0.2) is 0 Å². The Hall–Kier alpha value is -1.75. The van der Waals surface area contributed by atoms with Gasteiger partial charge in [0.25, 0.3) is 0 Å². The number of aliphatic hydroxyl groups is 1. The molecule has 0 aliphatic carbocycles. The van der Waals surface area contributed by atoms with Crippen molar-refractivity contribution >= 4 is 11.8 Å². The molecule has 0 bridgehead atoms. The molecule has 1 heterocycles. The van der Waals surface area contributed by atoms with Gasteiger partial charge < -0.3 is 20.5 Å². The van der Waals surface area contributed by atoms with Gasteiger partial charge in [0.2, 0.25) is 0 Å². The van der Waals surface area contributed by atoms with Crippen LogP contribution in [0.3, 0.4) is 0 Å². The number of rotatable bonds is 1. The van der Waals surface area contributed by atoms with Crippen LogP contribution in [0.1, 0.15) is 32.8 Å². The molecule has 1 atom stereocenters. The first-order valence-corrected chi connectivity index (χ1v) is 6.76. The number of carbonyl (C=O) groups excluding carboxylic acids is 1. The van der Waals surface area contributed by atoms with Gasteiger partial charge >= 0.3 is 6.09 Å². The number of anilines is 1. The highest BCUT2D eigenvalue weighted by molar-refractivity contribution is 5.68. The molecule has 3 N–H and O–H groups in total. The van der Waals surface area contributed by atoms with Crippen LogP contribution in [0.15, 0.2) is 24.3 Å². The Morgan fingerprint density at radius 2 is 2.15 bits per heavy atom. The lowest BCUT2D eigenvalue weighted by Gasteiger charge is -2.26. The van der Waals surface area contributed by atoms with Gasteiger partial charge in [-0.2, -0.15) is 0 Å². The lowest BCUT2D eigenvalue weighted by molar-refractivity contribution is 0.0140. The highest BCUT2D eigenvalue weighted by Crippen LogP contribution is 2.33. The minimum atomic E-state index is -1.05. The van der Waals surface area contributed by atoms with Crippen molar-refractivity contribution in [1.29, 1.82) is 0 Å². The molecular formula is C15H22N2O3. The summed E-state index contributed by atoms with van der Waals surface area (Å²) in [5.41, 5.74) is 5.51. The van der Waals surface area contributed by atoms with Gasteiger partial charge in [-0.15, -0.1) is 0 Å². The normalized spacial score (nSPS) is 22.9. The monoisotopic (exact) mass is 278 g/mol. The molecule has 5 nitrogen and oxygen atoms in total. The summed E-state index contributed by atoms with van der Waals surface area (Å²) < 4.78 is 5.33. The van der Waals surface area contributed by atoms with Crippen molar-refractivity contribution in [3.63, 3.8) is 0 Å². The third-order valence-corrected chi connectivity index (χ3v) is 3.32. The summed E-state index contributed by atoms with van der Waals surface area (Å²) >= 11 is 0. The molecule has 0 aromatic heterocycles. The number of nitrogens with zero attached hydrogens (tertiary/aromatic N) is 1. The summed E-state index contributed by atoms with van der Waals surface area (Å²) in [4.78, 5) is 13.6. The fraction of sp³-hybridized carbons (Fsp3) is 0.533. The standard InChI is InChI=1S/C15H22N2O3/c1-14(2,3)20-13(18)17-8-7-15(19,10-17)11-5-4-6-12(16)9-11/h4-6,9,19H,7-8,10,16H2,1-3H3. The summed E-state index contributed by atoms with van der Waals surface area (Å²) in [6, 6.07) is 7.15. The molecule has 1 aromatic rings. The Kier molecular flexibility index (Phi) is 3.65. The van der Waals surface area contributed by atoms with Crippen LogP contribution in [0, 0.1) is 0 Å². The number of likely N-dealkylation sites (tertiary alicyclic amines) is 1. The minimum absolute atomic E-state index is 0.228. The number of nitrogen functional groups attached to an aromatic ring is 1. The van der Waals surface area contributed by atoms with E-state index in [1.54, 1.807) is 18.2 Å². The largest absolute Gasteiger partial charge is 0.444 e. The minimum Gasteiger partial charge on any atom is -0.444 e. The van der Waals surface area contributed by atoms with Crippen LogP contribution in [-0.4, -0.2) is 34.8 Å². The molecule has 0 saturated carbocycles. The van der Waals surface area contributed by atoms with E-state index in [1.165, 1.54) is 4.90 Å². The molecule has 0 radical (unpaired) electrons. The van der Waals surface area contributed by atoms with Crippen molar-refractivity contribution in [3.05, 3.63) is 29.8 Å². The number of amides is 1. The fourth-order valence-corrected chi connectivity index (χ4v) is 2.34. The molecule has 1 aliphatic heterocycles. The van der Waals surface area contributed by atoms with Crippen LogP contribution in [0.25, 0.3) is 0 Å². The molecule has 1 saturated heterocycles. The molecule has 1 aliphatic rings. The predicted molar refractivity (Wildman–Crippen MR) is 77.2 cm³/mol. The van der Waals surface area contributed by atoms with E-state index >= 15 is 0 Å². The first-order chi connectivity index (χ1) is 9.20. The van der Waals surface area contributed by atoms with Crippen LogP contribution < -0.4 is 5.73 Å². The number of benzene rings is 1. The van der Waals surface area contributed by atoms with Crippen molar-refractivity contribution in [2.75, 3.05) is 18.8 Å². The second kappa shape index (κ2) is 4.98. The van der Waals surface area contributed by atoms with Gasteiger partial charge in [-0.05, 0) is 44.9 Å². The van der Waals surface area contributed by atoms with Gasteiger partial charge in [-0.25, -0.2) is 4.79 Å². The quantitative estimate of drug-likeness (QED) is 0.771. The van der Waals surface area contributed by atoms with Crippen molar-refractivity contribution in [1.82, 2.24) is 4.90 Å². The Balaban J connectivity index is 2.10. The molecule has 20 heavy (non-hydrogen) atoms. The number of ether oxygens (including phenoxy) is 1. The van der Waals surface area contributed by atoms with Crippen molar-refractivity contribution in [2.45, 2.75) is 38.4 Å². The maximum absolute atomic E-state index is 12.0.